The van der Waals surface area contributed by atoms with Gasteiger partial charge in [0.15, 0.2) is 18.4 Å². The quantitative estimate of drug-likeness (QED) is 0.219. The zero-order valence-electron chi connectivity index (χ0n) is 39.0. The predicted octanol–water partition coefficient (Wildman–Crippen LogP) is 7.21. The van der Waals surface area contributed by atoms with Gasteiger partial charge in [-0.05, 0) is 120 Å². The van der Waals surface area contributed by atoms with Gasteiger partial charge in [-0.3, -0.25) is 9.59 Å². The Morgan fingerprint density at radius 1 is 0.812 bits per heavy atom. The Labute approximate surface area is 384 Å². The average molecular weight is 913 g/mol. The fourth-order valence-electron chi connectivity index (χ4n) is 12.7. The number of fused-ring (bicyclic) bond motifs is 8. The molecule has 354 valence electrons. The van der Waals surface area contributed by atoms with Crippen LogP contribution in [0.2, 0.25) is 5.02 Å². The summed E-state index contributed by atoms with van der Waals surface area (Å²) in [6, 6.07) is 7.54. The molecule has 2 saturated carbocycles. The molecule has 4 heterocycles. The zero-order chi connectivity index (χ0) is 45.6. The third kappa shape index (κ3) is 9.41. The second-order valence-corrected chi connectivity index (χ2v) is 20.1. The zero-order valence-corrected chi connectivity index (χ0v) is 39.8. The number of Topliss-reactive ketones (excluding diaryl/α,β-unsaturated/α-hetero) is 1. The second-order valence-electron chi connectivity index (χ2n) is 19.7. The summed E-state index contributed by atoms with van der Waals surface area (Å²) in [4.78, 5) is 45.7. The number of ether oxygens (including phenoxy) is 9. The minimum atomic E-state index is -0.725. The van der Waals surface area contributed by atoms with Crippen LogP contribution in [0.15, 0.2) is 42.0 Å². The van der Waals surface area contributed by atoms with Gasteiger partial charge in [-0.15, -0.1) is 0 Å². The summed E-state index contributed by atoms with van der Waals surface area (Å²) in [6.07, 6.45) is 5.56. The number of methoxy groups -OCH3 is 3. The first kappa shape index (κ1) is 47.8. The van der Waals surface area contributed by atoms with Crippen LogP contribution < -0.4 is 0 Å². The van der Waals surface area contributed by atoms with E-state index < -0.39 is 54.8 Å². The van der Waals surface area contributed by atoms with Gasteiger partial charge in [-0.2, -0.15) is 0 Å². The molecule has 1 aromatic rings. The molecule has 1 aromatic carbocycles. The van der Waals surface area contributed by atoms with E-state index in [0.717, 1.165) is 19.3 Å². The minimum absolute atomic E-state index is 0.00794. The summed E-state index contributed by atoms with van der Waals surface area (Å²) in [5, 5.41) is 0.516. The monoisotopic (exact) mass is 911 g/mol. The van der Waals surface area contributed by atoms with Gasteiger partial charge in [0.1, 0.15) is 30.5 Å². The van der Waals surface area contributed by atoms with E-state index in [1.807, 2.05) is 32.9 Å². The Hall–Kier alpha value is -2.72. The molecule has 0 radical (unpaired) electrons. The topological polar surface area (TPSA) is 138 Å². The average Bonchev–Trinajstić information content (AvgIpc) is 3.86. The Kier molecular flexibility index (Phi) is 15.1. The molecule has 13 nitrogen and oxygen atoms in total. The number of nitrogens with zero attached hydrogens (tertiary/aromatic N) is 1. The SMILES string of the molecule is CC[C@H]1CCC[C@H](O[C@H]2CC[C@H](N(C)C)C(C)O2)[C@@H](C)C(=O)C2=C[C@H]3[C@@H]4C[C@H](O[C@@H]5OC(C)[C@H](OC)C(OC)[C@@H]5OC)C[C@H]4C4C=C(c5cccc(Cl)c5)C(=O)OC4[C@H]3[C@@H]2CC(=O)O1. The first-order valence-corrected chi connectivity index (χ1v) is 24.1. The number of cyclic esters (lactones) is 1. The summed E-state index contributed by atoms with van der Waals surface area (Å²) in [5.74, 6) is -2.57. The summed E-state index contributed by atoms with van der Waals surface area (Å²) in [7, 11) is 9.04. The van der Waals surface area contributed by atoms with Gasteiger partial charge >= 0.3 is 11.9 Å². The van der Waals surface area contributed by atoms with Crippen LogP contribution in [0.4, 0.5) is 0 Å². The number of hydrogen-bond acceptors (Lipinski definition) is 13. The Morgan fingerprint density at radius 3 is 2.22 bits per heavy atom. The molecule has 0 aromatic heterocycles. The van der Waals surface area contributed by atoms with Crippen molar-refractivity contribution in [2.24, 2.45) is 41.4 Å². The van der Waals surface area contributed by atoms with Crippen molar-refractivity contribution in [3.8, 4) is 0 Å². The fraction of sp³-hybridized carbons (Fsp3) is 0.740. The van der Waals surface area contributed by atoms with Crippen molar-refractivity contribution in [2.45, 2.75) is 159 Å². The molecule has 8 rings (SSSR count). The van der Waals surface area contributed by atoms with Crippen LogP contribution in [0.3, 0.4) is 0 Å². The number of hydrogen-bond donors (Lipinski definition) is 0. The van der Waals surface area contributed by atoms with E-state index >= 15 is 4.79 Å². The van der Waals surface area contributed by atoms with Crippen molar-refractivity contribution in [1.29, 1.82) is 0 Å². The Balaban J connectivity index is 1.14. The molecule has 3 aliphatic carbocycles. The van der Waals surface area contributed by atoms with Crippen molar-refractivity contribution >= 4 is 34.9 Å². The van der Waals surface area contributed by atoms with E-state index in [2.05, 4.69) is 38.1 Å². The maximum Gasteiger partial charge on any atom is 0.338 e. The third-order valence-corrected chi connectivity index (χ3v) is 16.1. The number of rotatable bonds is 10. The molecule has 0 bridgehead atoms. The van der Waals surface area contributed by atoms with E-state index in [9.17, 15) is 9.59 Å². The number of halogens is 1. The number of carbonyl (C=O) groups is 3. The first-order valence-electron chi connectivity index (χ1n) is 23.8. The number of likely N-dealkylation sites (N-methyl/N-ethyl adjacent to an activating group) is 1. The molecule has 14 heteroatoms. The van der Waals surface area contributed by atoms with Crippen molar-refractivity contribution in [2.75, 3.05) is 35.4 Å². The summed E-state index contributed by atoms with van der Waals surface area (Å²) in [5.41, 5.74) is 1.74. The van der Waals surface area contributed by atoms with Crippen LogP contribution in [-0.4, -0.2) is 132 Å². The van der Waals surface area contributed by atoms with Crippen molar-refractivity contribution in [3.63, 3.8) is 0 Å². The first-order chi connectivity index (χ1) is 30.7. The molecule has 0 N–H and O–H groups in total. The lowest BCUT2D eigenvalue weighted by atomic mass is 9.59. The predicted molar refractivity (Wildman–Crippen MR) is 238 cm³/mol. The summed E-state index contributed by atoms with van der Waals surface area (Å²) < 4.78 is 57.1. The molecular formula is C50H70ClNO12. The highest BCUT2D eigenvalue weighted by Gasteiger charge is 2.62. The normalized spacial score (nSPS) is 42.8. The third-order valence-electron chi connectivity index (χ3n) is 15.9. The molecule has 7 aliphatic rings. The highest BCUT2D eigenvalue weighted by Crippen LogP contribution is 2.61. The number of allylic oxidation sites excluding steroid dienone is 2. The summed E-state index contributed by atoms with van der Waals surface area (Å²) in [6.45, 7) is 8.03. The van der Waals surface area contributed by atoms with Crippen molar-refractivity contribution < 1.29 is 57.0 Å². The Morgan fingerprint density at radius 2 is 1.55 bits per heavy atom. The number of carbonyl (C=O) groups excluding carboxylic acids is 3. The Bertz CT molecular complexity index is 1910. The second kappa shape index (κ2) is 20.2. The standard InChI is InChI=1S/C50H70ClNO12/c1-10-30-15-12-16-40(63-42-18-17-39(52(5)6)26(3)59-42)25(2)44(54)37-23-35-33-20-31(62-50-48(58-9)47(57-8)45(56-7)27(4)60-50)21-34(33)38-22-32(28-13-11-14-29(51)19-28)49(55)64-46(38)43(35)36(37)24-41(53)61-30/h11,13-14,19,22-23,25-27,30-31,33-36,38-40,42-43,45-48,50H,10,12,15-18,20-21,24H2,1-9H3/t25-,26?,27?,30+,31+,33-,34-,35+,36-,38?,39+,40+,42+,43-,45+,46?,47?,48+,50+/m1/s1. The van der Waals surface area contributed by atoms with Crippen molar-refractivity contribution in [3.05, 3.63) is 52.6 Å². The molecule has 5 unspecified atom stereocenters. The van der Waals surface area contributed by atoms with Gasteiger partial charge in [-0.1, -0.05) is 49.7 Å². The van der Waals surface area contributed by atoms with E-state index in [1.54, 1.807) is 33.5 Å². The molecule has 4 aliphatic heterocycles. The van der Waals surface area contributed by atoms with Gasteiger partial charge in [-0.25, -0.2) is 4.79 Å². The molecular weight excluding hydrogens is 842 g/mol. The maximum absolute atomic E-state index is 15.2. The largest absolute Gasteiger partial charge is 0.462 e. The molecule has 0 spiro atoms. The van der Waals surface area contributed by atoms with Crippen LogP contribution in [0.1, 0.15) is 91.0 Å². The molecule has 3 saturated heterocycles. The number of esters is 2. The lowest BCUT2D eigenvalue weighted by molar-refractivity contribution is -0.314. The van der Waals surface area contributed by atoms with Crippen LogP contribution in [0.5, 0.6) is 0 Å². The van der Waals surface area contributed by atoms with Gasteiger partial charge in [0.2, 0.25) is 0 Å². The van der Waals surface area contributed by atoms with E-state index in [0.29, 0.717) is 53.8 Å². The van der Waals surface area contributed by atoms with Crippen molar-refractivity contribution in [1.82, 2.24) is 4.90 Å². The van der Waals surface area contributed by atoms with Gasteiger partial charge in [0.05, 0.1) is 36.4 Å². The fourth-order valence-corrected chi connectivity index (χ4v) is 12.9. The van der Waals surface area contributed by atoms with Crippen LogP contribution >= 0.6 is 11.6 Å². The van der Waals surface area contributed by atoms with Gasteiger partial charge < -0.3 is 47.5 Å². The smallest absolute Gasteiger partial charge is 0.338 e. The lowest BCUT2D eigenvalue weighted by Crippen LogP contribution is -2.59. The van der Waals surface area contributed by atoms with Gasteiger partial charge in [0.25, 0.3) is 0 Å². The highest BCUT2D eigenvalue weighted by atomic mass is 35.5. The van der Waals surface area contributed by atoms with Crippen LogP contribution in [0.25, 0.3) is 5.57 Å². The van der Waals surface area contributed by atoms with Gasteiger partial charge in [0, 0.05) is 56.1 Å². The number of benzene rings is 1. The summed E-state index contributed by atoms with van der Waals surface area (Å²) >= 11 is 6.46. The highest BCUT2D eigenvalue weighted by molar-refractivity contribution is 6.31. The lowest BCUT2D eigenvalue weighted by Gasteiger charge is -2.49. The molecule has 0 amide bonds. The molecule has 19 atom stereocenters. The van der Waals surface area contributed by atoms with Crippen LogP contribution in [-0.2, 0) is 57.0 Å². The molecule has 5 fully saturated rings. The van der Waals surface area contributed by atoms with E-state index in [-0.39, 0.29) is 84.3 Å². The van der Waals surface area contributed by atoms with E-state index in [4.69, 9.17) is 54.2 Å². The maximum atomic E-state index is 15.2. The minimum Gasteiger partial charge on any atom is -0.462 e. The molecule has 64 heavy (non-hydrogen) atoms. The van der Waals surface area contributed by atoms with Crippen LogP contribution in [0, 0.1) is 41.4 Å². The number of ketones is 1. The van der Waals surface area contributed by atoms with E-state index in [1.165, 1.54) is 0 Å².